The zero-order valence-electron chi connectivity index (χ0n) is 15.5. The third-order valence-electron chi connectivity index (χ3n) is 4.53. The molecule has 140 valence electrons. The van der Waals surface area contributed by atoms with Crippen LogP contribution >= 0.6 is 0 Å². The van der Waals surface area contributed by atoms with Crippen molar-refractivity contribution in [2.75, 3.05) is 7.11 Å². The number of hydrogen-bond acceptors (Lipinski definition) is 5. The number of alkyl carbamates (subject to hydrolysis) is 1. The van der Waals surface area contributed by atoms with Crippen LogP contribution in [-0.2, 0) is 19.1 Å². The molecule has 0 unspecified atom stereocenters. The molecule has 2 aliphatic heterocycles. The average molecular weight is 352 g/mol. The Bertz CT molecular complexity index is 566. The van der Waals surface area contributed by atoms with Gasteiger partial charge in [-0.1, -0.05) is 12.2 Å². The molecule has 2 aliphatic rings. The largest absolute Gasteiger partial charge is 0.467 e. The van der Waals surface area contributed by atoms with E-state index in [-0.39, 0.29) is 11.9 Å². The van der Waals surface area contributed by atoms with E-state index in [1.807, 2.05) is 0 Å². The van der Waals surface area contributed by atoms with Gasteiger partial charge in [0.15, 0.2) is 0 Å². The fourth-order valence-corrected chi connectivity index (χ4v) is 3.46. The lowest BCUT2D eigenvalue weighted by Crippen LogP contribution is -2.55. The first-order valence-electron chi connectivity index (χ1n) is 8.68. The van der Waals surface area contributed by atoms with Gasteiger partial charge in [0.2, 0.25) is 5.91 Å². The zero-order valence-corrected chi connectivity index (χ0v) is 15.5. The summed E-state index contributed by atoms with van der Waals surface area (Å²) in [6.07, 6.45) is 2.42. The summed E-state index contributed by atoms with van der Waals surface area (Å²) in [5.74, 6) is -0.672. The number of amides is 2. The van der Waals surface area contributed by atoms with Crippen LogP contribution in [0.2, 0.25) is 0 Å². The molecule has 0 aromatic carbocycles. The summed E-state index contributed by atoms with van der Waals surface area (Å²) < 4.78 is 10.1. The smallest absolute Gasteiger partial charge is 0.408 e. The van der Waals surface area contributed by atoms with E-state index in [9.17, 15) is 14.4 Å². The highest BCUT2D eigenvalue weighted by atomic mass is 16.6. The lowest BCUT2D eigenvalue weighted by molar-refractivity contribution is -0.153. The Balaban J connectivity index is 2.19. The predicted octanol–water partition coefficient (Wildman–Crippen LogP) is 2.15. The first-order chi connectivity index (χ1) is 11.6. The number of carbonyl (C=O) groups is 3. The molecule has 0 aliphatic carbocycles. The van der Waals surface area contributed by atoms with Gasteiger partial charge in [0.05, 0.1) is 7.11 Å². The Morgan fingerprint density at radius 3 is 2.52 bits per heavy atom. The second-order valence-corrected chi connectivity index (χ2v) is 7.71. The Morgan fingerprint density at radius 1 is 1.24 bits per heavy atom. The number of hydrogen-bond donors (Lipinski definition) is 1. The van der Waals surface area contributed by atoms with Gasteiger partial charge in [-0.15, -0.1) is 0 Å². The van der Waals surface area contributed by atoms with E-state index >= 15 is 0 Å². The van der Waals surface area contributed by atoms with Gasteiger partial charge in [-0.05, 0) is 52.9 Å². The van der Waals surface area contributed by atoms with Crippen LogP contribution in [0.5, 0.6) is 0 Å². The maximum Gasteiger partial charge on any atom is 0.408 e. The number of ether oxygens (including phenoxy) is 2. The van der Waals surface area contributed by atoms with Gasteiger partial charge in [-0.2, -0.15) is 0 Å². The lowest BCUT2D eigenvalue weighted by Gasteiger charge is -2.35. The molecule has 2 fully saturated rings. The van der Waals surface area contributed by atoms with E-state index in [0.29, 0.717) is 25.7 Å². The molecule has 0 aromatic rings. The lowest BCUT2D eigenvalue weighted by atomic mass is 9.95. The van der Waals surface area contributed by atoms with Crippen molar-refractivity contribution in [2.45, 2.75) is 76.6 Å². The molecular formula is C18H28N2O5. The number of nitrogens with zero attached hydrogens (tertiary/aromatic N) is 1. The molecule has 0 spiro atoms. The molecule has 3 atom stereocenters. The molecular weight excluding hydrogens is 324 g/mol. The molecule has 2 heterocycles. The van der Waals surface area contributed by atoms with Crippen LogP contribution in [-0.4, -0.2) is 53.7 Å². The second-order valence-electron chi connectivity index (χ2n) is 7.71. The van der Waals surface area contributed by atoms with Crippen molar-refractivity contribution in [3.05, 3.63) is 12.2 Å². The third kappa shape index (κ3) is 4.74. The van der Waals surface area contributed by atoms with Gasteiger partial charge in [0.1, 0.15) is 17.7 Å². The summed E-state index contributed by atoms with van der Waals surface area (Å²) >= 11 is 0. The third-order valence-corrected chi connectivity index (χ3v) is 4.53. The number of fused-ring (bicyclic) bond motifs is 1. The quantitative estimate of drug-likeness (QED) is 0.608. The zero-order chi connectivity index (χ0) is 18.8. The van der Waals surface area contributed by atoms with Gasteiger partial charge >= 0.3 is 12.1 Å². The Kier molecular flexibility index (Phi) is 5.75. The van der Waals surface area contributed by atoms with Crippen molar-refractivity contribution in [3.63, 3.8) is 0 Å². The summed E-state index contributed by atoms with van der Waals surface area (Å²) in [7, 11) is 1.32. The highest BCUT2D eigenvalue weighted by Crippen LogP contribution is 2.33. The number of rotatable bonds is 2. The first kappa shape index (κ1) is 19.3. The highest BCUT2D eigenvalue weighted by Gasteiger charge is 2.45. The molecule has 7 heteroatoms. The van der Waals surface area contributed by atoms with Gasteiger partial charge in [0.25, 0.3) is 0 Å². The predicted molar refractivity (Wildman–Crippen MR) is 91.8 cm³/mol. The second kappa shape index (κ2) is 7.45. The minimum atomic E-state index is -0.736. The van der Waals surface area contributed by atoms with E-state index in [1.54, 1.807) is 25.7 Å². The summed E-state index contributed by atoms with van der Waals surface area (Å²) in [5, 5.41) is 2.66. The summed E-state index contributed by atoms with van der Waals surface area (Å²) in [6.45, 7) is 9.35. The summed E-state index contributed by atoms with van der Waals surface area (Å²) in [6, 6.07) is -1.41. The van der Waals surface area contributed by atoms with E-state index in [4.69, 9.17) is 9.47 Å². The minimum Gasteiger partial charge on any atom is -0.467 e. The number of methoxy groups -OCH3 is 1. The van der Waals surface area contributed by atoms with Crippen molar-refractivity contribution in [1.29, 1.82) is 0 Å². The molecule has 2 amide bonds. The average Bonchev–Trinajstić information content (AvgIpc) is 2.90. The monoisotopic (exact) mass is 352 g/mol. The SMILES string of the molecule is C=C1CC[C@H](NC(=O)OC(C)(C)C)C(=O)N2[C@H](CC[C@H]2C(=O)OC)C1. The topological polar surface area (TPSA) is 84.9 Å². The molecule has 0 saturated carbocycles. The van der Waals surface area contributed by atoms with E-state index in [1.165, 1.54) is 7.11 Å². The Labute approximate surface area is 148 Å². The van der Waals surface area contributed by atoms with Gasteiger partial charge < -0.3 is 19.7 Å². The fraction of sp³-hybridized carbons (Fsp3) is 0.722. The maximum absolute atomic E-state index is 13.0. The molecule has 7 nitrogen and oxygen atoms in total. The van der Waals surface area contributed by atoms with Crippen LogP contribution in [0, 0.1) is 0 Å². The Hall–Kier alpha value is -2.05. The number of esters is 1. The standard InChI is InChI=1S/C18H28N2O5/c1-11-6-8-13(19-17(23)25-18(2,3)4)15(21)20-12(10-11)7-9-14(20)16(22)24-5/h12-14H,1,6-10H2,2-5H3,(H,19,23)/t12-,13+,14+/m1/s1. The molecule has 2 rings (SSSR count). The molecule has 2 saturated heterocycles. The van der Waals surface area contributed by atoms with Crippen LogP contribution in [0.15, 0.2) is 12.2 Å². The van der Waals surface area contributed by atoms with E-state index in [0.717, 1.165) is 12.0 Å². The maximum atomic E-state index is 13.0. The summed E-state index contributed by atoms with van der Waals surface area (Å²) in [5.41, 5.74) is 0.368. The van der Waals surface area contributed by atoms with Crippen molar-refractivity contribution in [3.8, 4) is 0 Å². The molecule has 0 radical (unpaired) electrons. The molecule has 25 heavy (non-hydrogen) atoms. The van der Waals surface area contributed by atoms with Crippen LogP contribution in [0.1, 0.15) is 52.9 Å². The van der Waals surface area contributed by atoms with Crippen molar-refractivity contribution in [2.24, 2.45) is 0 Å². The molecule has 1 N–H and O–H groups in total. The van der Waals surface area contributed by atoms with Gasteiger partial charge in [-0.25, -0.2) is 9.59 Å². The van der Waals surface area contributed by atoms with Crippen LogP contribution < -0.4 is 5.32 Å². The minimum absolute atomic E-state index is 0.0765. The fourth-order valence-electron chi connectivity index (χ4n) is 3.46. The van der Waals surface area contributed by atoms with Crippen molar-refractivity contribution < 1.29 is 23.9 Å². The van der Waals surface area contributed by atoms with Crippen LogP contribution in [0.3, 0.4) is 0 Å². The summed E-state index contributed by atoms with van der Waals surface area (Å²) in [4.78, 5) is 38.8. The van der Waals surface area contributed by atoms with Crippen LogP contribution in [0.4, 0.5) is 4.79 Å². The van der Waals surface area contributed by atoms with Gasteiger partial charge in [-0.3, -0.25) is 4.79 Å². The first-order valence-corrected chi connectivity index (χ1v) is 8.68. The number of carbonyl (C=O) groups excluding carboxylic acids is 3. The van der Waals surface area contributed by atoms with Gasteiger partial charge in [0, 0.05) is 6.04 Å². The Morgan fingerprint density at radius 2 is 1.92 bits per heavy atom. The normalized spacial score (nSPS) is 27.2. The molecule has 0 aromatic heterocycles. The highest BCUT2D eigenvalue weighted by molar-refractivity contribution is 5.90. The molecule has 0 bridgehead atoms. The van der Waals surface area contributed by atoms with E-state index in [2.05, 4.69) is 11.9 Å². The van der Waals surface area contributed by atoms with E-state index < -0.39 is 29.7 Å². The van der Waals surface area contributed by atoms with Crippen molar-refractivity contribution in [1.82, 2.24) is 10.2 Å². The van der Waals surface area contributed by atoms with Crippen molar-refractivity contribution >= 4 is 18.0 Å². The van der Waals surface area contributed by atoms with Crippen LogP contribution in [0.25, 0.3) is 0 Å². The number of nitrogens with one attached hydrogen (secondary N) is 1.